The van der Waals surface area contributed by atoms with Crippen LogP contribution in [-0.4, -0.2) is 44.7 Å². The minimum atomic E-state index is -0.972. The third-order valence-corrected chi connectivity index (χ3v) is 6.28. The second-order valence-corrected chi connectivity index (χ2v) is 9.79. The molecule has 3 rings (SSSR count). The van der Waals surface area contributed by atoms with Crippen LogP contribution >= 0.6 is 0 Å². The van der Waals surface area contributed by atoms with E-state index in [1.165, 1.54) is 19.9 Å². The van der Waals surface area contributed by atoms with Crippen molar-refractivity contribution in [3.05, 3.63) is 82.9 Å². The molecule has 2 atom stereocenters. The second kappa shape index (κ2) is 13.3. The summed E-state index contributed by atoms with van der Waals surface area (Å²) < 4.78 is 0. The molecule has 10 nitrogen and oxygen atoms in total. The number of Topliss-reactive ketones (excluding diaryl/α,β-unsaturated/α-hetero) is 1. The van der Waals surface area contributed by atoms with Crippen LogP contribution in [0.2, 0.25) is 0 Å². The molecule has 10 heteroatoms. The van der Waals surface area contributed by atoms with Gasteiger partial charge in [0.15, 0.2) is 11.7 Å². The van der Waals surface area contributed by atoms with Crippen LogP contribution in [0.1, 0.15) is 60.3 Å². The van der Waals surface area contributed by atoms with Crippen molar-refractivity contribution in [1.29, 1.82) is 0 Å². The SMILES string of the molecule is CC(=O)Nc1ccc(C=CC(=O)N[C@@H](CC(=O)N[C@H](C(=O)c2c(O)[nH]c(O)c2C)C(C)C)c2ccccc2)cc1. The van der Waals surface area contributed by atoms with Crippen molar-refractivity contribution >= 4 is 35.3 Å². The van der Waals surface area contributed by atoms with Crippen LogP contribution < -0.4 is 16.0 Å². The van der Waals surface area contributed by atoms with Gasteiger partial charge in [0.05, 0.1) is 24.1 Å². The third-order valence-electron chi connectivity index (χ3n) is 6.28. The smallest absolute Gasteiger partial charge is 0.244 e. The van der Waals surface area contributed by atoms with Gasteiger partial charge in [-0.05, 0) is 42.2 Å². The van der Waals surface area contributed by atoms with E-state index < -0.39 is 35.6 Å². The Labute approximate surface area is 232 Å². The first-order valence-corrected chi connectivity index (χ1v) is 12.8. The van der Waals surface area contributed by atoms with Crippen LogP contribution in [0.4, 0.5) is 5.69 Å². The number of ketones is 1. The van der Waals surface area contributed by atoms with Gasteiger partial charge in [0.2, 0.25) is 23.6 Å². The molecule has 1 aromatic heterocycles. The minimum Gasteiger partial charge on any atom is -0.494 e. The number of aromatic nitrogens is 1. The Balaban J connectivity index is 1.72. The molecule has 0 saturated carbocycles. The van der Waals surface area contributed by atoms with Crippen molar-refractivity contribution < 1.29 is 29.4 Å². The Bertz CT molecular complexity index is 1390. The zero-order valence-corrected chi connectivity index (χ0v) is 22.8. The lowest BCUT2D eigenvalue weighted by molar-refractivity contribution is -0.123. The van der Waals surface area contributed by atoms with Gasteiger partial charge in [-0.3, -0.25) is 24.2 Å². The highest BCUT2D eigenvalue weighted by molar-refractivity contribution is 6.05. The van der Waals surface area contributed by atoms with Crippen LogP contribution in [0.15, 0.2) is 60.7 Å². The lowest BCUT2D eigenvalue weighted by Gasteiger charge is -2.24. The highest BCUT2D eigenvalue weighted by atomic mass is 16.3. The first-order valence-electron chi connectivity index (χ1n) is 12.8. The molecular weight excluding hydrogens is 512 g/mol. The lowest BCUT2D eigenvalue weighted by atomic mass is 9.93. The van der Waals surface area contributed by atoms with Gasteiger partial charge in [-0.2, -0.15) is 0 Å². The fraction of sp³-hybridized carbons (Fsp3) is 0.267. The fourth-order valence-corrected chi connectivity index (χ4v) is 4.18. The molecule has 0 unspecified atom stereocenters. The maximum Gasteiger partial charge on any atom is 0.244 e. The molecule has 1 heterocycles. The van der Waals surface area contributed by atoms with Gasteiger partial charge in [0.1, 0.15) is 0 Å². The molecular formula is C30H34N4O6. The molecule has 0 radical (unpaired) electrons. The van der Waals surface area contributed by atoms with Crippen LogP contribution in [-0.2, 0) is 14.4 Å². The summed E-state index contributed by atoms with van der Waals surface area (Å²) in [5, 5.41) is 28.2. The lowest BCUT2D eigenvalue weighted by Crippen LogP contribution is -2.45. The summed E-state index contributed by atoms with van der Waals surface area (Å²) in [5.74, 6) is -2.73. The standard InChI is InChI=1S/C30H34N4O6/c1-17(2)27(28(38)26-18(3)29(39)34-30(26)40)33-25(37)16-23(21-8-6-5-7-9-21)32-24(36)15-12-20-10-13-22(14-11-20)31-19(4)35/h5-15,17,23,27,34,39-40H,16H2,1-4H3,(H,31,35)(H,32,36)(H,33,37)/t23-,27-/m0/s1. The van der Waals surface area contributed by atoms with E-state index in [1.807, 2.05) is 6.07 Å². The van der Waals surface area contributed by atoms with Crippen molar-refractivity contribution in [2.75, 3.05) is 5.32 Å². The molecule has 0 fully saturated rings. The van der Waals surface area contributed by atoms with Crippen molar-refractivity contribution in [3.63, 3.8) is 0 Å². The van der Waals surface area contributed by atoms with E-state index in [2.05, 4.69) is 20.9 Å². The number of carbonyl (C=O) groups excluding carboxylic acids is 4. The predicted molar refractivity (Wildman–Crippen MR) is 152 cm³/mol. The number of benzene rings is 2. The number of H-pyrrole nitrogens is 1. The number of hydrogen-bond acceptors (Lipinski definition) is 6. The van der Waals surface area contributed by atoms with Gasteiger partial charge in [-0.25, -0.2) is 0 Å². The molecule has 0 aliphatic carbocycles. The Morgan fingerprint density at radius 3 is 2.12 bits per heavy atom. The van der Waals surface area contributed by atoms with Gasteiger partial charge < -0.3 is 26.2 Å². The summed E-state index contributed by atoms with van der Waals surface area (Å²) in [6.45, 7) is 6.42. The molecule has 0 saturated heterocycles. The van der Waals surface area contributed by atoms with Crippen LogP contribution in [0.5, 0.6) is 11.8 Å². The minimum absolute atomic E-state index is 0.0837. The largest absolute Gasteiger partial charge is 0.494 e. The fourth-order valence-electron chi connectivity index (χ4n) is 4.18. The molecule has 40 heavy (non-hydrogen) atoms. The third kappa shape index (κ3) is 7.83. The average Bonchev–Trinajstić information content (AvgIpc) is 3.16. The molecule has 2 aromatic carbocycles. The van der Waals surface area contributed by atoms with Crippen molar-refractivity contribution in [1.82, 2.24) is 15.6 Å². The molecule has 0 aliphatic rings. The van der Waals surface area contributed by atoms with Crippen LogP contribution in [0, 0.1) is 12.8 Å². The molecule has 6 N–H and O–H groups in total. The van der Waals surface area contributed by atoms with E-state index in [9.17, 15) is 29.4 Å². The quantitative estimate of drug-likeness (QED) is 0.158. The number of anilines is 1. The van der Waals surface area contributed by atoms with Crippen LogP contribution in [0.25, 0.3) is 6.08 Å². The van der Waals surface area contributed by atoms with E-state index >= 15 is 0 Å². The van der Waals surface area contributed by atoms with Gasteiger partial charge >= 0.3 is 0 Å². The zero-order valence-electron chi connectivity index (χ0n) is 22.8. The first-order chi connectivity index (χ1) is 19.0. The maximum atomic E-state index is 13.2. The first kappa shape index (κ1) is 29.7. The number of aromatic amines is 1. The topological polar surface area (TPSA) is 161 Å². The summed E-state index contributed by atoms with van der Waals surface area (Å²) in [6, 6.07) is 14.3. The monoisotopic (exact) mass is 546 g/mol. The number of rotatable bonds is 11. The summed E-state index contributed by atoms with van der Waals surface area (Å²) in [6.07, 6.45) is 2.82. The number of nitrogens with one attached hydrogen (secondary N) is 4. The summed E-state index contributed by atoms with van der Waals surface area (Å²) in [4.78, 5) is 52.6. The maximum absolute atomic E-state index is 13.2. The van der Waals surface area contributed by atoms with Gasteiger partial charge in [-0.1, -0.05) is 56.3 Å². The van der Waals surface area contributed by atoms with E-state index in [-0.39, 0.29) is 35.3 Å². The number of amides is 3. The van der Waals surface area contributed by atoms with Gasteiger partial charge in [-0.15, -0.1) is 0 Å². The van der Waals surface area contributed by atoms with Gasteiger partial charge in [0.25, 0.3) is 0 Å². The Morgan fingerprint density at radius 2 is 1.57 bits per heavy atom. The molecule has 210 valence electrons. The van der Waals surface area contributed by atoms with Crippen molar-refractivity contribution in [3.8, 4) is 11.8 Å². The van der Waals surface area contributed by atoms with E-state index in [0.29, 0.717) is 11.3 Å². The van der Waals surface area contributed by atoms with Crippen molar-refractivity contribution in [2.24, 2.45) is 5.92 Å². The van der Waals surface area contributed by atoms with E-state index in [0.717, 1.165) is 5.56 Å². The second-order valence-electron chi connectivity index (χ2n) is 9.79. The molecule has 3 amide bonds. The summed E-state index contributed by atoms with van der Waals surface area (Å²) >= 11 is 0. The summed E-state index contributed by atoms with van der Waals surface area (Å²) in [7, 11) is 0. The highest BCUT2D eigenvalue weighted by Crippen LogP contribution is 2.30. The van der Waals surface area contributed by atoms with Crippen molar-refractivity contribution in [2.45, 2.75) is 46.2 Å². The number of aromatic hydroxyl groups is 2. The average molecular weight is 547 g/mol. The molecule has 0 aliphatic heterocycles. The van der Waals surface area contributed by atoms with Crippen LogP contribution in [0.3, 0.4) is 0 Å². The van der Waals surface area contributed by atoms with E-state index in [1.54, 1.807) is 68.5 Å². The molecule has 3 aromatic rings. The Morgan fingerprint density at radius 1 is 0.925 bits per heavy atom. The normalized spacial score (nSPS) is 12.6. The van der Waals surface area contributed by atoms with E-state index in [4.69, 9.17) is 0 Å². The Hall–Kier alpha value is -4.86. The Kier molecular flexibility index (Phi) is 9.86. The molecule has 0 spiro atoms. The summed E-state index contributed by atoms with van der Waals surface area (Å²) in [5.41, 5.74) is 2.19. The number of hydrogen-bond donors (Lipinski definition) is 6. The predicted octanol–water partition coefficient (Wildman–Crippen LogP) is 3.98. The van der Waals surface area contributed by atoms with Gasteiger partial charge in [0, 0.05) is 24.3 Å². The molecule has 0 bridgehead atoms. The zero-order chi connectivity index (χ0) is 29.4. The number of carbonyl (C=O) groups is 4. The highest BCUT2D eigenvalue weighted by Gasteiger charge is 2.31.